The number of hydrogen-bond acceptors (Lipinski definition) is 6. The van der Waals surface area contributed by atoms with Crippen LogP contribution >= 0.6 is 0 Å². The third-order valence-electron chi connectivity index (χ3n) is 5.48. The normalized spacial score (nSPS) is 15.3. The first-order chi connectivity index (χ1) is 14.4. The van der Waals surface area contributed by atoms with E-state index >= 15 is 0 Å². The Morgan fingerprint density at radius 3 is 2.37 bits per heavy atom. The smallest absolute Gasteiger partial charge is 0.336 e. The molecule has 0 spiro atoms. The summed E-state index contributed by atoms with van der Waals surface area (Å²) in [4.78, 5) is 42.0. The lowest BCUT2D eigenvalue weighted by Gasteiger charge is -2.35. The Hall–Kier alpha value is -2.71. The molecule has 2 amide bonds. The van der Waals surface area contributed by atoms with Gasteiger partial charge in [0, 0.05) is 75.9 Å². The van der Waals surface area contributed by atoms with Crippen LogP contribution in [0.2, 0.25) is 0 Å². The van der Waals surface area contributed by atoms with E-state index in [1.165, 1.54) is 13.0 Å². The first-order valence-corrected chi connectivity index (χ1v) is 10.5. The monoisotopic (exact) mass is 414 g/mol. The minimum atomic E-state index is -0.402. The fourth-order valence-electron chi connectivity index (χ4n) is 3.86. The molecule has 1 N–H and O–H groups in total. The standard InChI is InChI=1S/C22H30N4O4/c1-4-26(5-2)21(28)15-25-10-8-24(9-11-25)14-17-12-22(29)30-20-13-18(23-16(3)27)6-7-19(17)20/h6-7,12-13H,4-5,8-11,14-15H2,1-3H3,(H,23,27). The number of nitrogens with one attached hydrogen (secondary N) is 1. The van der Waals surface area contributed by atoms with Crippen LogP contribution in [0.4, 0.5) is 5.69 Å². The third kappa shape index (κ3) is 5.46. The van der Waals surface area contributed by atoms with Gasteiger partial charge in [0.1, 0.15) is 5.58 Å². The lowest BCUT2D eigenvalue weighted by atomic mass is 10.1. The highest BCUT2D eigenvalue weighted by molar-refractivity contribution is 5.92. The van der Waals surface area contributed by atoms with Gasteiger partial charge in [0.2, 0.25) is 11.8 Å². The van der Waals surface area contributed by atoms with Crippen LogP contribution < -0.4 is 10.9 Å². The second-order valence-electron chi connectivity index (χ2n) is 7.60. The first kappa shape index (κ1) is 22.0. The molecule has 2 heterocycles. The molecule has 1 fully saturated rings. The summed E-state index contributed by atoms with van der Waals surface area (Å²) in [6.07, 6.45) is 0. The highest BCUT2D eigenvalue weighted by Crippen LogP contribution is 2.23. The van der Waals surface area contributed by atoms with E-state index in [-0.39, 0.29) is 11.8 Å². The molecule has 1 aliphatic heterocycles. The van der Waals surface area contributed by atoms with Gasteiger partial charge in [0.05, 0.1) is 6.54 Å². The zero-order valence-electron chi connectivity index (χ0n) is 17.9. The van der Waals surface area contributed by atoms with Crippen LogP contribution in [0.1, 0.15) is 26.3 Å². The largest absolute Gasteiger partial charge is 0.423 e. The molecule has 0 unspecified atom stereocenters. The molecule has 1 aromatic carbocycles. The number of nitrogens with zero attached hydrogens (tertiary/aromatic N) is 3. The molecule has 0 radical (unpaired) electrons. The van der Waals surface area contributed by atoms with Crippen molar-refractivity contribution in [1.29, 1.82) is 0 Å². The van der Waals surface area contributed by atoms with E-state index in [2.05, 4.69) is 15.1 Å². The molecule has 1 saturated heterocycles. The molecular weight excluding hydrogens is 384 g/mol. The Balaban J connectivity index is 1.65. The van der Waals surface area contributed by atoms with Crippen molar-refractivity contribution in [2.45, 2.75) is 27.3 Å². The van der Waals surface area contributed by atoms with Crippen molar-refractivity contribution in [3.05, 3.63) is 40.2 Å². The zero-order chi connectivity index (χ0) is 21.7. The van der Waals surface area contributed by atoms with E-state index in [0.717, 1.165) is 50.2 Å². The van der Waals surface area contributed by atoms with Crippen molar-refractivity contribution in [3.8, 4) is 0 Å². The van der Waals surface area contributed by atoms with Crippen molar-refractivity contribution in [1.82, 2.24) is 14.7 Å². The molecule has 30 heavy (non-hydrogen) atoms. The number of fused-ring (bicyclic) bond motifs is 1. The summed E-state index contributed by atoms with van der Waals surface area (Å²) in [7, 11) is 0. The van der Waals surface area contributed by atoms with Crippen LogP contribution in [-0.2, 0) is 16.1 Å². The van der Waals surface area contributed by atoms with Crippen LogP contribution in [0.3, 0.4) is 0 Å². The molecule has 1 aliphatic rings. The number of anilines is 1. The Morgan fingerprint density at radius 2 is 1.73 bits per heavy atom. The van der Waals surface area contributed by atoms with Crippen LogP contribution in [0.25, 0.3) is 11.0 Å². The van der Waals surface area contributed by atoms with Gasteiger partial charge < -0.3 is 14.6 Å². The van der Waals surface area contributed by atoms with Gasteiger partial charge in [-0.1, -0.05) is 0 Å². The van der Waals surface area contributed by atoms with Gasteiger partial charge in [-0.15, -0.1) is 0 Å². The number of benzene rings is 1. The van der Waals surface area contributed by atoms with E-state index in [9.17, 15) is 14.4 Å². The molecule has 8 nitrogen and oxygen atoms in total. The van der Waals surface area contributed by atoms with Gasteiger partial charge in [-0.05, 0) is 31.5 Å². The number of piperazine rings is 1. The second kappa shape index (κ2) is 9.86. The van der Waals surface area contributed by atoms with Crippen molar-refractivity contribution in [2.24, 2.45) is 0 Å². The number of carbonyl (C=O) groups is 2. The van der Waals surface area contributed by atoms with E-state index in [0.29, 0.717) is 24.4 Å². The zero-order valence-corrected chi connectivity index (χ0v) is 17.9. The molecule has 1 aromatic heterocycles. The Labute approximate surface area is 176 Å². The summed E-state index contributed by atoms with van der Waals surface area (Å²) >= 11 is 0. The molecule has 0 atom stereocenters. The molecular formula is C22H30N4O4. The number of amides is 2. The molecule has 0 bridgehead atoms. The predicted octanol–water partition coefficient (Wildman–Crippen LogP) is 1.74. The van der Waals surface area contributed by atoms with Crippen LogP contribution in [0, 0.1) is 0 Å². The van der Waals surface area contributed by atoms with E-state index in [1.54, 1.807) is 6.07 Å². The fraction of sp³-hybridized carbons (Fsp3) is 0.500. The molecule has 8 heteroatoms. The van der Waals surface area contributed by atoms with Gasteiger partial charge in [-0.3, -0.25) is 19.4 Å². The maximum absolute atomic E-state index is 12.3. The summed E-state index contributed by atoms with van der Waals surface area (Å²) in [5.41, 5.74) is 1.57. The average molecular weight is 415 g/mol. The molecule has 0 aliphatic carbocycles. The number of hydrogen-bond donors (Lipinski definition) is 1. The predicted molar refractivity (Wildman–Crippen MR) is 116 cm³/mol. The van der Waals surface area contributed by atoms with Crippen molar-refractivity contribution < 1.29 is 14.0 Å². The van der Waals surface area contributed by atoms with E-state index < -0.39 is 5.63 Å². The fourth-order valence-corrected chi connectivity index (χ4v) is 3.86. The summed E-state index contributed by atoms with van der Waals surface area (Å²) in [6.45, 7) is 11.3. The van der Waals surface area contributed by atoms with Gasteiger partial charge in [0.25, 0.3) is 0 Å². The Kier molecular flexibility index (Phi) is 7.23. The summed E-state index contributed by atoms with van der Waals surface area (Å²) in [6, 6.07) is 6.90. The SMILES string of the molecule is CCN(CC)C(=O)CN1CCN(Cc2cc(=O)oc3cc(NC(C)=O)ccc23)CC1. The Morgan fingerprint density at radius 1 is 1.07 bits per heavy atom. The molecule has 2 aromatic rings. The third-order valence-corrected chi connectivity index (χ3v) is 5.48. The van der Waals surface area contributed by atoms with Gasteiger partial charge in [-0.2, -0.15) is 0 Å². The average Bonchev–Trinajstić information content (AvgIpc) is 2.69. The maximum Gasteiger partial charge on any atom is 0.336 e. The van der Waals surface area contributed by atoms with Crippen LogP contribution in [0.15, 0.2) is 33.5 Å². The molecule has 162 valence electrons. The maximum atomic E-state index is 12.3. The van der Waals surface area contributed by atoms with Crippen molar-refractivity contribution in [3.63, 3.8) is 0 Å². The highest BCUT2D eigenvalue weighted by Gasteiger charge is 2.21. The summed E-state index contributed by atoms with van der Waals surface area (Å²) < 4.78 is 5.34. The van der Waals surface area contributed by atoms with E-state index in [4.69, 9.17) is 4.42 Å². The van der Waals surface area contributed by atoms with Gasteiger partial charge in [0.15, 0.2) is 0 Å². The number of carbonyl (C=O) groups excluding carboxylic acids is 2. The van der Waals surface area contributed by atoms with Gasteiger partial charge >= 0.3 is 5.63 Å². The van der Waals surface area contributed by atoms with Crippen LogP contribution in [-0.4, -0.2) is 72.3 Å². The summed E-state index contributed by atoms with van der Waals surface area (Å²) in [5, 5.41) is 3.57. The topological polar surface area (TPSA) is 86.1 Å². The summed E-state index contributed by atoms with van der Waals surface area (Å²) in [5.74, 6) is 0.000263. The number of rotatable bonds is 7. The number of likely N-dealkylation sites (N-methyl/N-ethyl adjacent to an activating group) is 1. The first-order valence-electron chi connectivity index (χ1n) is 10.5. The van der Waals surface area contributed by atoms with Crippen molar-refractivity contribution >= 4 is 28.5 Å². The second-order valence-corrected chi connectivity index (χ2v) is 7.60. The van der Waals surface area contributed by atoms with Crippen molar-refractivity contribution in [2.75, 3.05) is 51.1 Å². The van der Waals surface area contributed by atoms with Gasteiger partial charge in [-0.25, -0.2) is 4.79 Å². The molecule has 0 saturated carbocycles. The lowest BCUT2D eigenvalue weighted by molar-refractivity contribution is -0.132. The lowest BCUT2D eigenvalue weighted by Crippen LogP contribution is -2.49. The van der Waals surface area contributed by atoms with E-state index in [1.807, 2.05) is 30.9 Å². The quantitative estimate of drug-likeness (QED) is 0.695. The molecule has 3 rings (SSSR count). The highest BCUT2D eigenvalue weighted by atomic mass is 16.4. The minimum absolute atomic E-state index is 0.176. The Bertz CT molecular complexity index is 959. The minimum Gasteiger partial charge on any atom is -0.423 e. The van der Waals surface area contributed by atoms with Crippen LogP contribution in [0.5, 0.6) is 0 Å².